The Morgan fingerprint density at radius 1 is 1.13 bits per heavy atom. The van der Waals surface area contributed by atoms with Crippen molar-refractivity contribution in [2.24, 2.45) is 0 Å². The average Bonchev–Trinajstić information content (AvgIpc) is 3.49. The second-order valence-corrected chi connectivity index (χ2v) is 8.08. The van der Waals surface area contributed by atoms with Crippen molar-refractivity contribution in [3.63, 3.8) is 0 Å². The molecule has 0 bridgehead atoms. The minimum atomic E-state index is -0.633. The number of rotatable bonds is 3. The molecular weight excluding hydrogens is 409 g/mol. The number of nitrogens with zero attached hydrogens (tertiary/aromatic N) is 4. The molecule has 5 rings (SSSR count). The van der Waals surface area contributed by atoms with Gasteiger partial charge in [-0.05, 0) is 43.5 Å². The van der Waals surface area contributed by atoms with E-state index in [1.165, 1.54) is 15.6 Å². The van der Waals surface area contributed by atoms with E-state index >= 15 is 4.39 Å². The number of hydrogen-bond acceptors (Lipinski definition) is 4. The topological polar surface area (TPSA) is 61.1 Å². The van der Waals surface area contributed by atoms with Gasteiger partial charge < -0.3 is 14.9 Å². The fourth-order valence-corrected chi connectivity index (χ4v) is 4.65. The molecule has 3 aromatic rings. The third-order valence-electron chi connectivity index (χ3n) is 6.16. The van der Waals surface area contributed by atoms with E-state index in [0.717, 1.165) is 18.2 Å². The molecule has 1 N–H and O–H groups in total. The molecule has 2 saturated heterocycles. The molecular formula is C22H21F3N4O2. The maximum absolute atomic E-state index is 15.7. The Morgan fingerprint density at radius 2 is 1.97 bits per heavy atom. The normalized spacial score (nSPS) is 21.4. The van der Waals surface area contributed by atoms with Gasteiger partial charge in [0.2, 0.25) is 0 Å². The zero-order chi connectivity index (χ0) is 21.7. The zero-order valence-electron chi connectivity index (χ0n) is 16.6. The van der Waals surface area contributed by atoms with Crippen LogP contribution in [0.25, 0.3) is 5.52 Å². The third-order valence-corrected chi connectivity index (χ3v) is 6.16. The highest BCUT2D eigenvalue weighted by Crippen LogP contribution is 2.39. The van der Waals surface area contributed by atoms with Gasteiger partial charge in [0.15, 0.2) is 5.82 Å². The van der Waals surface area contributed by atoms with Crippen LogP contribution in [0.2, 0.25) is 0 Å². The van der Waals surface area contributed by atoms with Gasteiger partial charge in [-0.2, -0.15) is 5.10 Å². The van der Waals surface area contributed by atoms with Crippen molar-refractivity contribution in [2.45, 2.75) is 31.4 Å². The Kier molecular flexibility index (Phi) is 4.85. The molecule has 162 valence electrons. The lowest BCUT2D eigenvalue weighted by Crippen LogP contribution is -2.29. The van der Waals surface area contributed by atoms with E-state index in [0.29, 0.717) is 32.4 Å². The first-order chi connectivity index (χ1) is 14.9. The number of aliphatic hydroxyl groups excluding tert-OH is 1. The van der Waals surface area contributed by atoms with Crippen molar-refractivity contribution in [3.05, 3.63) is 65.2 Å². The van der Waals surface area contributed by atoms with Crippen molar-refractivity contribution in [2.75, 3.05) is 24.5 Å². The SMILES string of the molecule is O=C(c1cnn2ccc(N3CCC[C@@H]3c3cc(F)ccc3F)c(F)c12)N1CC[C@H](O)C1. The van der Waals surface area contributed by atoms with E-state index in [1.807, 2.05) is 0 Å². The number of β-amino-alcohol motifs (C(OH)–C–C–N with tert-alkyl or cyclic N) is 1. The maximum atomic E-state index is 15.7. The van der Waals surface area contributed by atoms with Crippen molar-refractivity contribution < 1.29 is 23.1 Å². The van der Waals surface area contributed by atoms with Gasteiger partial charge in [-0.1, -0.05) is 0 Å². The highest BCUT2D eigenvalue weighted by atomic mass is 19.1. The van der Waals surface area contributed by atoms with Gasteiger partial charge in [-0.25, -0.2) is 17.7 Å². The minimum absolute atomic E-state index is 0.0363. The molecule has 2 aliphatic rings. The molecule has 2 aliphatic heterocycles. The first kappa shape index (κ1) is 19.9. The number of benzene rings is 1. The van der Waals surface area contributed by atoms with Crippen LogP contribution in [-0.4, -0.2) is 51.3 Å². The predicted octanol–water partition coefficient (Wildman–Crippen LogP) is 3.30. The largest absolute Gasteiger partial charge is 0.391 e. The molecule has 2 atom stereocenters. The minimum Gasteiger partial charge on any atom is -0.391 e. The Morgan fingerprint density at radius 3 is 2.74 bits per heavy atom. The number of carbonyl (C=O) groups is 1. The Labute approximate surface area is 176 Å². The number of aliphatic hydroxyl groups is 1. The van der Waals surface area contributed by atoms with Gasteiger partial charge in [0.05, 0.1) is 29.6 Å². The number of amides is 1. The number of halogens is 3. The second kappa shape index (κ2) is 7.56. The van der Waals surface area contributed by atoms with Crippen LogP contribution in [0.5, 0.6) is 0 Å². The van der Waals surface area contributed by atoms with Crippen LogP contribution < -0.4 is 4.90 Å². The van der Waals surface area contributed by atoms with Crippen LogP contribution in [0.3, 0.4) is 0 Å². The number of aromatic nitrogens is 2. The highest BCUT2D eigenvalue weighted by molar-refractivity contribution is 6.01. The van der Waals surface area contributed by atoms with Crippen LogP contribution in [0.15, 0.2) is 36.7 Å². The first-order valence-corrected chi connectivity index (χ1v) is 10.3. The Balaban J connectivity index is 1.55. The number of likely N-dealkylation sites (tertiary alicyclic amines) is 1. The quantitative estimate of drug-likeness (QED) is 0.693. The molecule has 0 radical (unpaired) electrons. The zero-order valence-corrected chi connectivity index (χ0v) is 16.6. The van der Waals surface area contributed by atoms with Crippen molar-refractivity contribution in [1.29, 1.82) is 0 Å². The molecule has 1 amide bonds. The molecule has 0 saturated carbocycles. The predicted molar refractivity (Wildman–Crippen MR) is 107 cm³/mol. The molecule has 2 aromatic heterocycles. The number of hydrogen-bond donors (Lipinski definition) is 1. The molecule has 2 fully saturated rings. The van der Waals surface area contributed by atoms with Gasteiger partial charge in [-0.3, -0.25) is 4.79 Å². The Bertz CT molecular complexity index is 1170. The molecule has 4 heterocycles. The highest BCUT2D eigenvalue weighted by Gasteiger charge is 2.33. The summed E-state index contributed by atoms with van der Waals surface area (Å²) in [6.45, 7) is 1.07. The van der Waals surface area contributed by atoms with Gasteiger partial charge in [0.25, 0.3) is 5.91 Å². The summed E-state index contributed by atoms with van der Waals surface area (Å²) in [5.74, 6) is -2.10. The Hall–Kier alpha value is -3.07. The maximum Gasteiger partial charge on any atom is 0.257 e. The van der Waals surface area contributed by atoms with E-state index in [4.69, 9.17) is 0 Å². The van der Waals surface area contributed by atoms with Gasteiger partial charge in [0, 0.05) is 31.4 Å². The number of carbonyl (C=O) groups excluding carboxylic acids is 1. The van der Waals surface area contributed by atoms with Crippen molar-refractivity contribution in [1.82, 2.24) is 14.5 Å². The second-order valence-electron chi connectivity index (χ2n) is 8.08. The molecule has 6 nitrogen and oxygen atoms in total. The molecule has 0 unspecified atom stereocenters. The monoisotopic (exact) mass is 430 g/mol. The number of fused-ring (bicyclic) bond motifs is 1. The van der Waals surface area contributed by atoms with Crippen molar-refractivity contribution >= 4 is 17.1 Å². The van der Waals surface area contributed by atoms with E-state index in [-0.39, 0.29) is 28.9 Å². The lowest BCUT2D eigenvalue weighted by Gasteiger charge is -2.28. The van der Waals surface area contributed by atoms with Crippen LogP contribution in [0.1, 0.15) is 41.2 Å². The standard InChI is InChI=1S/C22H21F3N4O2/c23-13-3-4-17(24)15(10-13)18-2-1-7-28(18)19-6-9-29-21(20(19)25)16(11-26-29)22(31)27-8-5-14(30)12-27/h3-4,6,9-11,14,18,30H,1-2,5,7-8,12H2/t14-,18+/m0/s1. The molecule has 31 heavy (non-hydrogen) atoms. The summed E-state index contributed by atoms with van der Waals surface area (Å²) >= 11 is 0. The lowest BCUT2D eigenvalue weighted by molar-refractivity contribution is 0.0766. The summed E-state index contributed by atoms with van der Waals surface area (Å²) in [6.07, 6.45) is 4.03. The fourth-order valence-electron chi connectivity index (χ4n) is 4.65. The van der Waals surface area contributed by atoms with E-state index in [1.54, 1.807) is 17.2 Å². The van der Waals surface area contributed by atoms with E-state index in [9.17, 15) is 18.7 Å². The first-order valence-electron chi connectivity index (χ1n) is 10.3. The van der Waals surface area contributed by atoms with Crippen LogP contribution >= 0.6 is 0 Å². The van der Waals surface area contributed by atoms with Gasteiger partial charge in [0.1, 0.15) is 17.2 Å². The van der Waals surface area contributed by atoms with Crippen LogP contribution in [0.4, 0.5) is 18.9 Å². The third kappa shape index (κ3) is 3.33. The summed E-state index contributed by atoms with van der Waals surface area (Å²) in [6, 6.07) is 4.33. The summed E-state index contributed by atoms with van der Waals surface area (Å²) < 4.78 is 45.2. The van der Waals surface area contributed by atoms with Gasteiger partial charge >= 0.3 is 0 Å². The number of anilines is 1. The summed E-state index contributed by atoms with van der Waals surface area (Å²) in [5.41, 5.74) is 0.553. The average molecular weight is 430 g/mol. The summed E-state index contributed by atoms with van der Waals surface area (Å²) in [5, 5.41) is 13.8. The molecule has 9 heteroatoms. The van der Waals surface area contributed by atoms with E-state index < -0.39 is 35.5 Å². The van der Waals surface area contributed by atoms with Crippen molar-refractivity contribution in [3.8, 4) is 0 Å². The number of pyridine rings is 1. The van der Waals surface area contributed by atoms with E-state index in [2.05, 4.69) is 5.10 Å². The molecule has 0 aliphatic carbocycles. The summed E-state index contributed by atoms with van der Waals surface area (Å²) in [4.78, 5) is 16.1. The summed E-state index contributed by atoms with van der Waals surface area (Å²) in [7, 11) is 0. The van der Waals surface area contributed by atoms with Crippen LogP contribution in [0, 0.1) is 17.5 Å². The lowest BCUT2D eigenvalue weighted by atomic mass is 10.0. The molecule has 1 aromatic carbocycles. The van der Waals surface area contributed by atoms with Gasteiger partial charge in [-0.15, -0.1) is 0 Å². The molecule has 0 spiro atoms. The van der Waals surface area contributed by atoms with Crippen LogP contribution in [-0.2, 0) is 0 Å². The fraction of sp³-hybridized carbons (Fsp3) is 0.364. The smallest absolute Gasteiger partial charge is 0.257 e.